The van der Waals surface area contributed by atoms with E-state index in [9.17, 15) is 18.0 Å². The lowest BCUT2D eigenvalue weighted by atomic mass is 10.1. The molecule has 0 aliphatic heterocycles. The number of aromatic nitrogens is 2. The van der Waals surface area contributed by atoms with Gasteiger partial charge in [-0.1, -0.05) is 18.2 Å². The van der Waals surface area contributed by atoms with Gasteiger partial charge >= 0.3 is 6.18 Å². The first-order chi connectivity index (χ1) is 10.4. The fourth-order valence-electron chi connectivity index (χ4n) is 2.16. The summed E-state index contributed by atoms with van der Waals surface area (Å²) in [5.41, 5.74) is -0.221. The van der Waals surface area contributed by atoms with Gasteiger partial charge in [0.15, 0.2) is 0 Å². The Morgan fingerprint density at radius 3 is 2.59 bits per heavy atom. The van der Waals surface area contributed by atoms with Crippen LogP contribution < -0.4 is 0 Å². The van der Waals surface area contributed by atoms with Gasteiger partial charge in [0.2, 0.25) is 5.78 Å². The lowest BCUT2D eigenvalue weighted by Crippen LogP contribution is -2.12. The van der Waals surface area contributed by atoms with E-state index >= 15 is 0 Å². The highest BCUT2D eigenvalue weighted by atomic mass is 127. The SMILES string of the molecule is O=C(c1cccc(C(F)(F)F)n1)c1c[nH]c2c(I)cccc12. The first-order valence-corrected chi connectivity index (χ1v) is 7.30. The number of alkyl halides is 3. The van der Waals surface area contributed by atoms with Gasteiger partial charge in [-0.25, -0.2) is 4.98 Å². The third-order valence-corrected chi connectivity index (χ3v) is 4.08. The van der Waals surface area contributed by atoms with Crippen LogP contribution in [0.4, 0.5) is 13.2 Å². The minimum absolute atomic E-state index is 0.227. The number of rotatable bonds is 2. The summed E-state index contributed by atoms with van der Waals surface area (Å²) in [6, 6.07) is 8.71. The number of pyridine rings is 1. The van der Waals surface area contributed by atoms with Gasteiger partial charge < -0.3 is 4.98 Å². The molecular formula is C15H8F3IN2O. The van der Waals surface area contributed by atoms with Gasteiger partial charge in [0.05, 0.1) is 5.52 Å². The molecule has 1 aromatic carbocycles. The molecule has 0 aliphatic carbocycles. The van der Waals surface area contributed by atoms with Crippen LogP contribution >= 0.6 is 22.6 Å². The predicted molar refractivity (Wildman–Crippen MR) is 83.7 cm³/mol. The van der Waals surface area contributed by atoms with Crippen LogP contribution in [0.5, 0.6) is 0 Å². The molecule has 0 aliphatic rings. The average Bonchev–Trinajstić information content (AvgIpc) is 2.91. The molecule has 3 rings (SSSR count). The molecule has 0 amide bonds. The predicted octanol–water partition coefficient (Wildman–Crippen LogP) is 4.42. The van der Waals surface area contributed by atoms with Crippen LogP contribution in [-0.2, 0) is 6.18 Å². The molecule has 0 bridgehead atoms. The van der Waals surface area contributed by atoms with E-state index in [1.807, 2.05) is 6.07 Å². The van der Waals surface area contributed by atoms with Crippen molar-refractivity contribution in [1.29, 1.82) is 0 Å². The van der Waals surface area contributed by atoms with Crippen molar-refractivity contribution in [3.63, 3.8) is 0 Å². The molecule has 0 atom stereocenters. The number of hydrogen-bond acceptors (Lipinski definition) is 2. The Bertz CT molecular complexity index is 871. The van der Waals surface area contributed by atoms with Gasteiger partial charge in [0.25, 0.3) is 0 Å². The molecule has 2 aromatic heterocycles. The normalized spacial score (nSPS) is 11.8. The lowest BCUT2D eigenvalue weighted by Gasteiger charge is -2.06. The van der Waals surface area contributed by atoms with Gasteiger partial charge in [-0.05, 0) is 40.8 Å². The molecular weight excluding hydrogens is 408 g/mol. The number of benzene rings is 1. The Kier molecular flexibility index (Phi) is 3.67. The topological polar surface area (TPSA) is 45.8 Å². The summed E-state index contributed by atoms with van der Waals surface area (Å²) in [6.07, 6.45) is -3.08. The fraction of sp³-hybridized carbons (Fsp3) is 0.0667. The maximum Gasteiger partial charge on any atom is 0.433 e. The number of carbonyl (C=O) groups excluding carboxylic acids is 1. The Morgan fingerprint density at radius 2 is 1.86 bits per heavy atom. The number of para-hydroxylation sites is 1. The Labute approximate surface area is 136 Å². The van der Waals surface area contributed by atoms with Crippen molar-refractivity contribution in [3.05, 3.63) is 63.1 Å². The number of nitrogens with zero attached hydrogens (tertiary/aromatic N) is 1. The van der Waals surface area contributed by atoms with E-state index in [4.69, 9.17) is 0 Å². The summed E-state index contributed by atoms with van der Waals surface area (Å²) in [5.74, 6) is -0.542. The monoisotopic (exact) mass is 416 g/mol. The summed E-state index contributed by atoms with van der Waals surface area (Å²) in [6.45, 7) is 0. The summed E-state index contributed by atoms with van der Waals surface area (Å²) >= 11 is 2.12. The first kappa shape index (κ1) is 15.0. The van der Waals surface area contributed by atoms with Crippen molar-refractivity contribution in [2.45, 2.75) is 6.18 Å². The number of carbonyl (C=O) groups is 1. The average molecular weight is 416 g/mol. The zero-order valence-corrected chi connectivity index (χ0v) is 13.1. The van der Waals surface area contributed by atoms with Gasteiger partial charge in [0.1, 0.15) is 11.4 Å². The molecule has 0 saturated heterocycles. The number of halogens is 4. The van der Waals surface area contributed by atoms with Crippen molar-refractivity contribution in [2.75, 3.05) is 0 Å². The fourth-order valence-corrected chi connectivity index (χ4v) is 2.82. The Balaban J connectivity index is 2.09. The van der Waals surface area contributed by atoms with Crippen molar-refractivity contribution >= 4 is 39.3 Å². The van der Waals surface area contributed by atoms with Crippen LogP contribution in [0, 0.1) is 3.57 Å². The van der Waals surface area contributed by atoms with E-state index in [2.05, 4.69) is 32.6 Å². The zero-order chi connectivity index (χ0) is 15.9. The largest absolute Gasteiger partial charge is 0.433 e. The highest BCUT2D eigenvalue weighted by molar-refractivity contribution is 14.1. The molecule has 2 heterocycles. The zero-order valence-electron chi connectivity index (χ0n) is 10.9. The second kappa shape index (κ2) is 5.38. The second-order valence-corrected chi connectivity index (χ2v) is 5.76. The smallest absolute Gasteiger partial charge is 0.360 e. The van der Waals surface area contributed by atoms with Gasteiger partial charge in [-0.15, -0.1) is 0 Å². The van der Waals surface area contributed by atoms with Crippen molar-refractivity contribution in [2.24, 2.45) is 0 Å². The molecule has 1 N–H and O–H groups in total. The Morgan fingerprint density at radius 1 is 1.14 bits per heavy atom. The molecule has 0 spiro atoms. The van der Waals surface area contributed by atoms with Crippen LogP contribution in [0.2, 0.25) is 0 Å². The number of H-pyrrole nitrogens is 1. The minimum atomic E-state index is -4.58. The third kappa shape index (κ3) is 2.60. The third-order valence-electron chi connectivity index (χ3n) is 3.18. The molecule has 0 unspecified atom stereocenters. The molecule has 7 heteroatoms. The summed E-state index contributed by atoms with van der Waals surface area (Å²) in [4.78, 5) is 18.9. The quantitative estimate of drug-likeness (QED) is 0.497. The van der Waals surface area contributed by atoms with Crippen LogP contribution in [-0.4, -0.2) is 15.8 Å². The van der Waals surface area contributed by atoms with Crippen LogP contribution in [0.15, 0.2) is 42.6 Å². The molecule has 0 radical (unpaired) electrons. The highest BCUT2D eigenvalue weighted by Crippen LogP contribution is 2.29. The summed E-state index contributed by atoms with van der Waals surface area (Å²) in [5, 5.41) is 0.663. The number of nitrogens with one attached hydrogen (secondary N) is 1. The van der Waals surface area contributed by atoms with E-state index in [-0.39, 0.29) is 5.69 Å². The van der Waals surface area contributed by atoms with E-state index in [0.717, 1.165) is 15.2 Å². The number of hydrogen-bond donors (Lipinski definition) is 1. The molecule has 3 nitrogen and oxygen atoms in total. The van der Waals surface area contributed by atoms with E-state index in [0.29, 0.717) is 10.9 Å². The molecule has 112 valence electrons. The number of fused-ring (bicyclic) bond motifs is 1. The maximum absolute atomic E-state index is 12.7. The molecule has 3 aromatic rings. The summed E-state index contributed by atoms with van der Waals surface area (Å²) in [7, 11) is 0. The van der Waals surface area contributed by atoms with Crippen LogP contribution in [0.1, 0.15) is 21.7 Å². The molecule has 0 saturated carbocycles. The second-order valence-electron chi connectivity index (χ2n) is 4.60. The van der Waals surface area contributed by atoms with E-state index < -0.39 is 17.7 Å². The Hall–Kier alpha value is -1.90. The van der Waals surface area contributed by atoms with Crippen molar-refractivity contribution in [3.8, 4) is 0 Å². The lowest BCUT2D eigenvalue weighted by molar-refractivity contribution is -0.141. The van der Waals surface area contributed by atoms with Crippen LogP contribution in [0.3, 0.4) is 0 Å². The maximum atomic E-state index is 12.7. The minimum Gasteiger partial charge on any atom is -0.360 e. The van der Waals surface area contributed by atoms with Crippen molar-refractivity contribution in [1.82, 2.24) is 9.97 Å². The van der Waals surface area contributed by atoms with Gasteiger partial charge in [0, 0.05) is 20.7 Å². The standard InChI is InChI=1S/C15H8F3IN2O/c16-15(17,18)12-6-2-5-11(21-12)14(22)9-7-20-13-8(9)3-1-4-10(13)19/h1-7,20H. The molecule has 22 heavy (non-hydrogen) atoms. The van der Waals surface area contributed by atoms with E-state index in [1.54, 1.807) is 12.1 Å². The van der Waals surface area contributed by atoms with Crippen molar-refractivity contribution < 1.29 is 18.0 Å². The van der Waals surface area contributed by atoms with Gasteiger partial charge in [-0.2, -0.15) is 13.2 Å². The summed E-state index contributed by atoms with van der Waals surface area (Å²) < 4.78 is 39.0. The van der Waals surface area contributed by atoms with E-state index in [1.165, 1.54) is 18.3 Å². The number of ketones is 1. The van der Waals surface area contributed by atoms with Gasteiger partial charge in [-0.3, -0.25) is 4.79 Å². The molecule has 0 fully saturated rings. The first-order valence-electron chi connectivity index (χ1n) is 6.22. The highest BCUT2D eigenvalue weighted by Gasteiger charge is 2.33. The number of aromatic amines is 1. The van der Waals surface area contributed by atoms with Crippen LogP contribution in [0.25, 0.3) is 10.9 Å².